The molecule has 1 fully saturated rings. The Kier molecular flexibility index (Phi) is 5.52. The lowest BCUT2D eigenvalue weighted by atomic mass is 10.0. The molecule has 1 atom stereocenters. The molecule has 0 aliphatic carbocycles. The topological polar surface area (TPSA) is 58.9 Å². The van der Waals surface area contributed by atoms with Crippen LogP contribution in [0.5, 0.6) is 0 Å². The first kappa shape index (κ1) is 18.2. The summed E-state index contributed by atoms with van der Waals surface area (Å²) in [6.07, 6.45) is 4.18. The number of amides is 1. The molecule has 1 aromatic carbocycles. The number of aromatic nitrogens is 2. The van der Waals surface area contributed by atoms with E-state index in [1.165, 1.54) is 5.56 Å². The van der Waals surface area contributed by atoms with Crippen molar-refractivity contribution in [2.75, 3.05) is 32.8 Å². The zero-order valence-electron chi connectivity index (χ0n) is 15.4. The van der Waals surface area contributed by atoms with Crippen LogP contribution in [0.1, 0.15) is 22.9 Å². The third-order valence-electron chi connectivity index (χ3n) is 4.84. The van der Waals surface area contributed by atoms with Gasteiger partial charge < -0.3 is 10.1 Å². The predicted molar refractivity (Wildman–Crippen MR) is 106 cm³/mol. The molecule has 0 radical (unpaired) electrons. The molecule has 3 heterocycles. The minimum absolute atomic E-state index is 0.000382. The fraction of sp³-hybridized carbons (Fsp3) is 0.400. The third-order valence-corrected chi connectivity index (χ3v) is 5.61. The van der Waals surface area contributed by atoms with Crippen LogP contribution >= 0.6 is 11.3 Å². The number of carbonyl (C=O) groups excluding carboxylic acids is 1. The molecule has 1 aliphatic rings. The lowest BCUT2D eigenvalue weighted by molar-refractivity contribution is -0.121. The number of hydrogen-bond acceptors (Lipinski definition) is 5. The number of imidazole rings is 1. The van der Waals surface area contributed by atoms with Gasteiger partial charge in [-0.2, -0.15) is 0 Å². The van der Waals surface area contributed by atoms with E-state index < -0.39 is 0 Å². The van der Waals surface area contributed by atoms with Crippen LogP contribution in [-0.4, -0.2) is 53.0 Å². The first-order chi connectivity index (χ1) is 13.2. The van der Waals surface area contributed by atoms with Crippen molar-refractivity contribution in [3.05, 3.63) is 58.9 Å². The number of hydrogen-bond donors (Lipinski definition) is 1. The first-order valence-corrected chi connectivity index (χ1v) is 10.1. The van der Waals surface area contributed by atoms with E-state index in [0.29, 0.717) is 6.42 Å². The minimum atomic E-state index is -0.0417. The van der Waals surface area contributed by atoms with Crippen molar-refractivity contribution in [1.29, 1.82) is 0 Å². The summed E-state index contributed by atoms with van der Waals surface area (Å²) in [4.78, 5) is 20.5. The summed E-state index contributed by atoms with van der Waals surface area (Å²) < 4.78 is 7.40. The molecule has 3 aromatic rings. The summed E-state index contributed by atoms with van der Waals surface area (Å²) in [6.45, 7) is 6.16. The van der Waals surface area contributed by atoms with E-state index in [4.69, 9.17) is 4.74 Å². The van der Waals surface area contributed by atoms with Crippen molar-refractivity contribution in [3.63, 3.8) is 0 Å². The Balaban J connectivity index is 1.45. The Morgan fingerprint density at radius 3 is 2.81 bits per heavy atom. The van der Waals surface area contributed by atoms with Crippen molar-refractivity contribution in [3.8, 4) is 0 Å². The molecular formula is C20H24N4O2S. The SMILES string of the molecule is Cc1ccc(C(CN2CCOCC2)NC(=O)Cc2cn3ccsc3n2)cc1. The number of morpholine rings is 1. The number of fused-ring (bicyclic) bond motifs is 1. The van der Waals surface area contributed by atoms with Gasteiger partial charge in [0.25, 0.3) is 0 Å². The molecule has 2 aromatic heterocycles. The fourth-order valence-corrected chi connectivity index (χ4v) is 4.07. The second-order valence-corrected chi connectivity index (χ2v) is 7.82. The summed E-state index contributed by atoms with van der Waals surface area (Å²) in [6, 6.07) is 8.36. The maximum Gasteiger partial charge on any atom is 0.226 e. The summed E-state index contributed by atoms with van der Waals surface area (Å²) >= 11 is 1.57. The van der Waals surface area contributed by atoms with Crippen molar-refractivity contribution in [2.24, 2.45) is 0 Å². The molecule has 1 amide bonds. The van der Waals surface area contributed by atoms with Crippen LogP contribution in [0, 0.1) is 6.92 Å². The number of rotatable bonds is 6. The van der Waals surface area contributed by atoms with Crippen molar-refractivity contribution < 1.29 is 9.53 Å². The number of ether oxygens (including phenoxy) is 1. The predicted octanol–water partition coefficient (Wildman–Crippen LogP) is 2.44. The average molecular weight is 385 g/mol. The van der Waals surface area contributed by atoms with Gasteiger partial charge in [0.15, 0.2) is 4.96 Å². The van der Waals surface area contributed by atoms with Crippen molar-refractivity contribution in [2.45, 2.75) is 19.4 Å². The lowest BCUT2D eigenvalue weighted by Gasteiger charge is -2.31. The smallest absolute Gasteiger partial charge is 0.226 e. The van der Waals surface area contributed by atoms with Crippen molar-refractivity contribution in [1.82, 2.24) is 19.6 Å². The zero-order valence-corrected chi connectivity index (χ0v) is 16.2. The van der Waals surface area contributed by atoms with Gasteiger partial charge in [-0.15, -0.1) is 11.3 Å². The molecule has 1 aliphatic heterocycles. The average Bonchev–Trinajstić information content (AvgIpc) is 3.24. The molecule has 0 saturated carbocycles. The van der Waals surface area contributed by atoms with Crippen LogP contribution < -0.4 is 5.32 Å². The van der Waals surface area contributed by atoms with Crippen LogP contribution in [0.25, 0.3) is 4.96 Å². The Bertz CT molecular complexity index is 868. The highest BCUT2D eigenvalue weighted by atomic mass is 32.1. The van der Waals surface area contributed by atoms with Gasteiger partial charge >= 0.3 is 0 Å². The van der Waals surface area contributed by atoms with Crippen LogP contribution in [0.4, 0.5) is 0 Å². The quantitative estimate of drug-likeness (QED) is 0.709. The van der Waals surface area contributed by atoms with E-state index >= 15 is 0 Å². The van der Waals surface area contributed by atoms with Crippen molar-refractivity contribution >= 4 is 22.2 Å². The number of carbonyl (C=O) groups is 1. The van der Waals surface area contributed by atoms with E-state index in [-0.39, 0.29) is 11.9 Å². The van der Waals surface area contributed by atoms with Gasteiger partial charge in [0.05, 0.1) is 31.4 Å². The molecule has 1 unspecified atom stereocenters. The van der Waals surface area contributed by atoms with E-state index in [0.717, 1.165) is 49.1 Å². The molecule has 1 N–H and O–H groups in total. The molecular weight excluding hydrogens is 360 g/mol. The molecule has 0 bridgehead atoms. The van der Waals surface area contributed by atoms with Gasteiger partial charge in [0.1, 0.15) is 0 Å². The maximum atomic E-state index is 12.7. The van der Waals surface area contributed by atoms with Gasteiger partial charge in [0.2, 0.25) is 5.91 Å². The Morgan fingerprint density at radius 1 is 1.30 bits per heavy atom. The minimum Gasteiger partial charge on any atom is -0.379 e. The fourth-order valence-electron chi connectivity index (χ4n) is 3.35. The highest BCUT2D eigenvalue weighted by Gasteiger charge is 2.21. The van der Waals surface area contributed by atoms with E-state index in [2.05, 4.69) is 46.4 Å². The van der Waals surface area contributed by atoms with E-state index in [1.807, 2.05) is 22.2 Å². The summed E-state index contributed by atoms with van der Waals surface area (Å²) in [5.41, 5.74) is 3.15. The van der Waals surface area contributed by atoms with Crippen LogP contribution in [-0.2, 0) is 16.0 Å². The van der Waals surface area contributed by atoms with Crippen LogP contribution in [0.15, 0.2) is 42.0 Å². The normalized spacial score (nSPS) is 16.5. The summed E-state index contributed by atoms with van der Waals surface area (Å²) in [5.74, 6) is -0.000382. The molecule has 0 spiro atoms. The monoisotopic (exact) mass is 384 g/mol. The zero-order chi connectivity index (χ0) is 18.6. The van der Waals surface area contributed by atoms with Gasteiger partial charge in [-0.05, 0) is 12.5 Å². The largest absolute Gasteiger partial charge is 0.379 e. The number of nitrogens with one attached hydrogen (secondary N) is 1. The maximum absolute atomic E-state index is 12.7. The van der Waals surface area contributed by atoms with Gasteiger partial charge in [0, 0.05) is 37.4 Å². The molecule has 4 rings (SSSR count). The summed E-state index contributed by atoms with van der Waals surface area (Å²) in [7, 11) is 0. The highest BCUT2D eigenvalue weighted by molar-refractivity contribution is 7.15. The van der Waals surface area contributed by atoms with Crippen LogP contribution in [0.2, 0.25) is 0 Å². The molecule has 6 nitrogen and oxygen atoms in total. The van der Waals surface area contributed by atoms with Crippen LogP contribution in [0.3, 0.4) is 0 Å². The molecule has 142 valence electrons. The Morgan fingerprint density at radius 2 is 2.07 bits per heavy atom. The third kappa shape index (κ3) is 4.55. The second-order valence-electron chi connectivity index (χ2n) is 6.95. The Hall–Kier alpha value is -2.22. The van der Waals surface area contributed by atoms with Gasteiger partial charge in [-0.3, -0.25) is 14.1 Å². The first-order valence-electron chi connectivity index (χ1n) is 9.24. The number of aryl methyl sites for hydroxylation is 1. The Labute approximate surface area is 162 Å². The van der Waals surface area contributed by atoms with E-state index in [1.54, 1.807) is 11.3 Å². The summed E-state index contributed by atoms with van der Waals surface area (Å²) in [5, 5.41) is 5.21. The number of benzene rings is 1. The van der Waals surface area contributed by atoms with E-state index in [9.17, 15) is 4.79 Å². The number of nitrogens with zero attached hydrogens (tertiary/aromatic N) is 3. The highest BCUT2D eigenvalue weighted by Crippen LogP contribution is 2.17. The molecule has 27 heavy (non-hydrogen) atoms. The molecule has 7 heteroatoms. The number of thiazole rings is 1. The van der Waals surface area contributed by atoms with Gasteiger partial charge in [-0.25, -0.2) is 4.98 Å². The standard InChI is InChI=1S/C20H24N4O2S/c1-15-2-4-16(5-3-15)18(14-23-6-9-26-10-7-23)22-19(25)12-17-13-24-8-11-27-20(24)21-17/h2-5,8,11,13,18H,6-7,9-10,12,14H2,1H3,(H,22,25). The lowest BCUT2D eigenvalue weighted by Crippen LogP contribution is -2.43. The molecule has 1 saturated heterocycles. The van der Waals surface area contributed by atoms with Gasteiger partial charge in [-0.1, -0.05) is 29.8 Å². The second kappa shape index (κ2) is 8.21.